The Bertz CT molecular complexity index is 106. The van der Waals surface area contributed by atoms with Crippen LogP contribution in [0, 0.1) is 0 Å². The Hall–Kier alpha value is -0.580. The highest BCUT2D eigenvalue weighted by Crippen LogP contribution is 1.97. The molecule has 0 rings (SSSR count). The number of hydrogen-bond donors (Lipinski definition) is 2. The van der Waals surface area contributed by atoms with Gasteiger partial charge in [-0.25, -0.2) is 0 Å². The molecule has 46 valence electrons. The maximum absolute atomic E-state index is 9.71. The first-order chi connectivity index (χ1) is 3.55. The fraction of sp³-hybridized carbons (Fsp3) is 0.333. The van der Waals surface area contributed by atoms with Gasteiger partial charge in [0.25, 0.3) is 0 Å². The second-order valence-corrected chi connectivity index (χ2v) is 1.95. The van der Waals surface area contributed by atoms with Crippen LogP contribution in [0.1, 0.15) is 0 Å². The van der Waals surface area contributed by atoms with Crippen LogP contribution < -0.4 is 0 Å². The minimum atomic E-state index is -1.48. The summed E-state index contributed by atoms with van der Waals surface area (Å²) >= 11 is 2.41. The molecule has 0 amide bonds. The minimum absolute atomic E-state index is 1.39. The Kier molecular flexibility index (Phi) is 2.47. The number of alkyl halides is 1. The van der Waals surface area contributed by atoms with Gasteiger partial charge in [-0.3, -0.25) is 9.59 Å². The van der Waals surface area contributed by atoms with Crippen LogP contribution in [0.3, 0.4) is 0 Å². The molecule has 0 spiro atoms. The summed E-state index contributed by atoms with van der Waals surface area (Å²) in [5.74, 6) is -2.78. The van der Waals surface area contributed by atoms with Crippen molar-refractivity contribution < 1.29 is 19.8 Å². The minimum Gasteiger partial charge on any atom is -0.480 e. The molecular weight excluding hydrogens is 180 g/mol. The van der Waals surface area contributed by atoms with E-state index in [1.807, 2.05) is 0 Å². The lowest BCUT2D eigenvalue weighted by atomic mass is 10.4. The van der Waals surface area contributed by atoms with Gasteiger partial charge < -0.3 is 10.2 Å². The van der Waals surface area contributed by atoms with Crippen LogP contribution in [0.4, 0.5) is 0 Å². The molecule has 8 heavy (non-hydrogen) atoms. The lowest BCUT2D eigenvalue weighted by Gasteiger charge is -1.92. The number of carboxylic acid groups (broad SMARTS) is 2. The molecule has 0 aromatic rings. The Morgan fingerprint density at radius 3 is 1.50 bits per heavy atom. The van der Waals surface area contributed by atoms with E-state index in [0.717, 1.165) is 0 Å². The summed E-state index contributed by atoms with van der Waals surface area (Å²) in [6.07, 6.45) is 0. The summed E-state index contributed by atoms with van der Waals surface area (Å²) in [6.45, 7) is 0. The molecule has 0 bridgehead atoms. The number of carboxylic acids is 2. The topological polar surface area (TPSA) is 74.6 Å². The van der Waals surface area contributed by atoms with E-state index < -0.39 is 16.8 Å². The molecule has 0 aliphatic carbocycles. The first-order valence-corrected chi connectivity index (χ1v) is 2.57. The van der Waals surface area contributed by atoms with E-state index in [1.165, 1.54) is 0 Å². The van der Waals surface area contributed by atoms with Crippen LogP contribution in [0.15, 0.2) is 0 Å². The van der Waals surface area contributed by atoms with E-state index >= 15 is 0 Å². The quantitative estimate of drug-likeness (QED) is 0.463. The van der Waals surface area contributed by atoms with Crippen molar-refractivity contribution in [3.8, 4) is 0 Å². The van der Waals surface area contributed by atoms with Crippen molar-refractivity contribution in [2.24, 2.45) is 0 Å². The molecule has 0 atom stereocenters. The highest BCUT2D eigenvalue weighted by atomic mass is 79.9. The van der Waals surface area contributed by atoms with E-state index in [-0.39, 0.29) is 0 Å². The molecule has 0 radical (unpaired) electrons. The molecule has 5 heteroatoms. The zero-order valence-electron chi connectivity index (χ0n) is 3.67. The Balaban J connectivity index is 3.83. The van der Waals surface area contributed by atoms with Crippen molar-refractivity contribution in [2.45, 2.75) is 4.83 Å². The molecule has 0 fully saturated rings. The molecule has 0 aromatic carbocycles. The maximum atomic E-state index is 9.71. The van der Waals surface area contributed by atoms with E-state index in [9.17, 15) is 9.59 Å². The Morgan fingerprint density at radius 2 is 1.50 bits per heavy atom. The van der Waals surface area contributed by atoms with Gasteiger partial charge >= 0.3 is 11.9 Å². The molecule has 0 aliphatic rings. The summed E-state index contributed by atoms with van der Waals surface area (Å²) in [4.78, 5) is 17.9. The second kappa shape index (κ2) is 2.66. The van der Waals surface area contributed by atoms with Gasteiger partial charge in [-0.1, -0.05) is 15.9 Å². The highest BCUT2D eigenvalue weighted by Gasteiger charge is 2.20. The number of hydrogen-bond acceptors (Lipinski definition) is 2. The molecule has 0 aromatic heterocycles. The second-order valence-electron chi connectivity index (χ2n) is 1.04. The standard InChI is InChI=1S/C3H3BrO4/c4-1(2(5)6)3(7)8/h1H,(H,5,6)(H,7,8). The first kappa shape index (κ1) is 7.42. The van der Waals surface area contributed by atoms with E-state index in [4.69, 9.17) is 10.2 Å². The largest absolute Gasteiger partial charge is 0.480 e. The lowest BCUT2D eigenvalue weighted by molar-refractivity contribution is -0.145. The zero-order valence-corrected chi connectivity index (χ0v) is 5.25. The molecular formula is C3H3BrO4. The summed E-state index contributed by atoms with van der Waals surface area (Å²) in [7, 11) is 0. The van der Waals surface area contributed by atoms with Crippen molar-refractivity contribution in [1.29, 1.82) is 0 Å². The average molecular weight is 183 g/mol. The molecule has 0 aliphatic heterocycles. The average Bonchev–Trinajstić information content (AvgIpc) is 1.64. The summed E-state index contributed by atoms with van der Waals surface area (Å²) < 4.78 is 0. The van der Waals surface area contributed by atoms with Crippen LogP contribution in [-0.4, -0.2) is 27.0 Å². The zero-order chi connectivity index (χ0) is 6.73. The van der Waals surface area contributed by atoms with Crippen molar-refractivity contribution >= 4 is 27.9 Å². The molecule has 0 saturated carbocycles. The van der Waals surface area contributed by atoms with Gasteiger partial charge in [0.1, 0.15) is 0 Å². The monoisotopic (exact) mass is 182 g/mol. The third kappa shape index (κ3) is 1.92. The number of halogens is 1. The maximum Gasteiger partial charge on any atom is 0.328 e. The van der Waals surface area contributed by atoms with Crippen molar-refractivity contribution in [3.63, 3.8) is 0 Å². The van der Waals surface area contributed by atoms with Crippen molar-refractivity contribution in [1.82, 2.24) is 0 Å². The van der Waals surface area contributed by atoms with Crippen LogP contribution >= 0.6 is 15.9 Å². The van der Waals surface area contributed by atoms with Crippen LogP contribution in [0.5, 0.6) is 0 Å². The van der Waals surface area contributed by atoms with Gasteiger partial charge in [0.15, 0.2) is 0 Å². The number of aliphatic carboxylic acids is 2. The number of carbonyl (C=O) groups is 2. The van der Waals surface area contributed by atoms with Gasteiger partial charge in [-0.15, -0.1) is 0 Å². The van der Waals surface area contributed by atoms with Crippen molar-refractivity contribution in [3.05, 3.63) is 0 Å². The van der Waals surface area contributed by atoms with Crippen LogP contribution in [0.25, 0.3) is 0 Å². The molecule has 4 nitrogen and oxygen atoms in total. The van der Waals surface area contributed by atoms with Gasteiger partial charge in [-0.05, 0) is 0 Å². The Labute approximate surface area is 53.2 Å². The predicted octanol–water partition coefficient (Wildman–Crippen LogP) is -0.0809. The Morgan fingerprint density at radius 1 is 1.25 bits per heavy atom. The van der Waals surface area contributed by atoms with Crippen LogP contribution in [0.2, 0.25) is 0 Å². The molecule has 2 N–H and O–H groups in total. The molecule has 0 unspecified atom stereocenters. The normalized spacial score (nSPS) is 9.25. The fourth-order valence-corrected chi connectivity index (χ4v) is 0.106. The number of rotatable bonds is 2. The van der Waals surface area contributed by atoms with Crippen molar-refractivity contribution in [2.75, 3.05) is 0 Å². The van der Waals surface area contributed by atoms with Gasteiger partial charge in [-0.2, -0.15) is 0 Å². The highest BCUT2D eigenvalue weighted by molar-refractivity contribution is 9.10. The fourth-order valence-electron chi connectivity index (χ4n) is 0.106. The third-order valence-electron chi connectivity index (χ3n) is 0.434. The summed E-state index contributed by atoms with van der Waals surface area (Å²) in [6, 6.07) is 0. The third-order valence-corrected chi connectivity index (χ3v) is 1.22. The first-order valence-electron chi connectivity index (χ1n) is 1.65. The van der Waals surface area contributed by atoms with E-state index in [1.54, 1.807) is 0 Å². The molecule has 0 saturated heterocycles. The SMILES string of the molecule is O=C(O)C(Br)C(=O)O. The molecule has 0 heterocycles. The van der Waals surface area contributed by atoms with Gasteiger partial charge in [0.2, 0.25) is 4.83 Å². The summed E-state index contributed by atoms with van der Waals surface area (Å²) in [5, 5.41) is 15.8. The van der Waals surface area contributed by atoms with E-state index in [2.05, 4.69) is 15.9 Å². The van der Waals surface area contributed by atoms with Gasteiger partial charge in [0.05, 0.1) is 0 Å². The smallest absolute Gasteiger partial charge is 0.328 e. The lowest BCUT2D eigenvalue weighted by Crippen LogP contribution is -2.22. The van der Waals surface area contributed by atoms with Gasteiger partial charge in [0, 0.05) is 0 Å². The van der Waals surface area contributed by atoms with E-state index in [0.29, 0.717) is 0 Å². The summed E-state index contributed by atoms with van der Waals surface area (Å²) in [5.41, 5.74) is 0. The predicted molar refractivity (Wildman–Crippen MR) is 28.0 cm³/mol. The van der Waals surface area contributed by atoms with Crippen LogP contribution in [-0.2, 0) is 9.59 Å².